The van der Waals surface area contributed by atoms with Gasteiger partial charge in [-0.25, -0.2) is 4.39 Å². The number of anilines is 1. The predicted octanol–water partition coefficient (Wildman–Crippen LogP) is 2.69. The predicted molar refractivity (Wildman–Crippen MR) is 99.7 cm³/mol. The molecule has 0 aliphatic carbocycles. The molecule has 1 fully saturated rings. The summed E-state index contributed by atoms with van der Waals surface area (Å²) in [6, 6.07) is 13.5. The van der Waals surface area contributed by atoms with Crippen LogP contribution < -0.4 is 10.2 Å². The summed E-state index contributed by atoms with van der Waals surface area (Å²) in [5.41, 5.74) is 1.52. The van der Waals surface area contributed by atoms with Crippen LogP contribution in [0.4, 0.5) is 10.2 Å². The van der Waals surface area contributed by atoms with E-state index >= 15 is 0 Å². The molecule has 7 heteroatoms. The number of hydrogen-bond donors (Lipinski definition) is 1. The molecule has 1 saturated heterocycles. The van der Waals surface area contributed by atoms with E-state index in [4.69, 9.17) is 0 Å². The minimum Gasteiger partial charge on any atom is -0.353 e. The van der Waals surface area contributed by atoms with Crippen LogP contribution in [0.1, 0.15) is 16.8 Å². The van der Waals surface area contributed by atoms with E-state index in [1.54, 1.807) is 48.8 Å². The molecule has 1 atom stereocenters. The molecule has 0 bridgehead atoms. The fourth-order valence-corrected chi connectivity index (χ4v) is 3.16. The van der Waals surface area contributed by atoms with Gasteiger partial charge in [-0.3, -0.25) is 9.78 Å². The largest absolute Gasteiger partial charge is 0.353 e. The molecular formula is C20H18FN5O. The van der Waals surface area contributed by atoms with E-state index in [1.807, 2.05) is 6.07 Å². The lowest BCUT2D eigenvalue weighted by Gasteiger charge is -2.17. The molecule has 1 aliphatic heterocycles. The smallest absolute Gasteiger partial charge is 0.251 e. The minimum absolute atomic E-state index is 0.0405. The van der Waals surface area contributed by atoms with Crippen LogP contribution in [0.3, 0.4) is 0 Å². The third-order valence-electron chi connectivity index (χ3n) is 4.59. The van der Waals surface area contributed by atoms with Gasteiger partial charge in [0.2, 0.25) is 0 Å². The second kappa shape index (κ2) is 7.49. The molecule has 0 spiro atoms. The monoisotopic (exact) mass is 363 g/mol. The molecule has 0 unspecified atom stereocenters. The zero-order chi connectivity index (χ0) is 18.6. The molecule has 3 aromatic rings. The lowest BCUT2D eigenvalue weighted by atomic mass is 10.1. The molecule has 136 valence electrons. The quantitative estimate of drug-likeness (QED) is 0.772. The van der Waals surface area contributed by atoms with Crippen LogP contribution in [0, 0.1) is 5.82 Å². The number of nitrogens with zero attached hydrogens (tertiary/aromatic N) is 4. The molecule has 0 radical (unpaired) electrons. The van der Waals surface area contributed by atoms with Gasteiger partial charge in [-0.05, 0) is 42.8 Å². The SMILES string of the molecule is O=C(N[C@H]1CCN(c2ccc(-c3ccccc3F)nn2)C1)c1ccncc1. The van der Waals surface area contributed by atoms with Crippen LogP contribution in [-0.2, 0) is 0 Å². The first-order chi connectivity index (χ1) is 13.2. The highest BCUT2D eigenvalue weighted by molar-refractivity contribution is 5.94. The van der Waals surface area contributed by atoms with Gasteiger partial charge < -0.3 is 10.2 Å². The number of nitrogens with one attached hydrogen (secondary N) is 1. The Balaban J connectivity index is 1.40. The van der Waals surface area contributed by atoms with Crippen molar-refractivity contribution in [3.63, 3.8) is 0 Å². The van der Waals surface area contributed by atoms with Crippen molar-refractivity contribution < 1.29 is 9.18 Å². The summed E-state index contributed by atoms with van der Waals surface area (Å²) >= 11 is 0. The standard InChI is InChI=1S/C20H18FN5O/c21-17-4-2-1-3-16(17)18-5-6-19(25-24-18)26-12-9-15(13-26)23-20(27)14-7-10-22-11-8-14/h1-8,10-11,15H,9,12-13H2,(H,23,27)/t15-/m0/s1. The highest BCUT2D eigenvalue weighted by Crippen LogP contribution is 2.23. The van der Waals surface area contributed by atoms with E-state index in [-0.39, 0.29) is 17.8 Å². The van der Waals surface area contributed by atoms with Crippen LogP contribution in [0.15, 0.2) is 60.9 Å². The summed E-state index contributed by atoms with van der Waals surface area (Å²) in [5, 5.41) is 11.4. The Morgan fingerprint density at radius 2 is 1.89 bits per heavy atom. The lowest BCUT2D eigenvalue weighted by Crippen LogP contribution is -2.37. The molecule has 1 aromatic carbocycles. The van der Waals surface area contributed by atoms with Gasteiger partial charge in [0.15, 0.2) is 5.82 Å². The molecule has 1 N–H and O–H groups in total. The van der Waals surface area contributed by atoms with Gasteiger partial charge in [0.05, 0.1) is 5.69 Å². The maximum atomic E-state index is 13.9. The van der Waals surface area contributed by atoms with Crippen LogP contribution in [0.25, 0.3) is 11.3 Å². The summed E-state index contributed by atoms with van der Waals surface area (Å²) in [6.45, 7) is 1.43. The number of pyridine rings is 1. The first-order valence-corrected chi connectivity index (χ1v) is 8.75. The van der Waals surface area contributed by atoms with Crippen molar-refractivity contribution in [3.8, 4) is 11.3 Å². The van der Waals surface area contributed by atoms with Crippen LogP contribution in [0.2, 0.25) is 0 Å². The fourth-order valence-electron chi connectivity index (χ4n) is 3.16. The molecule has 1 amide bonds. The molecule has 4 rings (SSSR count). The summed E-state index contributed by atoms with van der Waals surface area (Å²) in [5.74, 6) is 0.292. The summed E-state index contributed by atoms with van der Waals surface area (Å²) in [7, 11) is 0. The van der Waals surface area contributed by atoms with E-state index < -0.39 is 0 Å². The second-order valence-electron chi connectivity index (χ2n) is 6.40. The van der Waals surface area contributed by atoms with E-state index in [0.717, 1.165) is 18.8 Å². The van der Waals surface area contributed by atoms with Gasteiger partial charge in [-0.1, -0.05) is 12.1 Å². The van der Waals surface area contributed by atoms with Gasteiger partial charge in [-0.15, -0.1) is 10.2 Å². The number of carbonyl (C=O) groups is 1. The number of aromatic nitrogens is 3. The maximum absolute atomic E-state index is 13.9. The van der Waals surface area contributed by atoms with Gasteiger partial charge in [-0.2, -0.15) is 0 Å². The van der Waals surface area contributed by atoms with Crippen molar-refractivity contribution in [2.75, 3.05) is 18.0 Å². The van der Waals surface area contributed by atoms with Crippen molar-refractivity contribution in [2.45, 2.75) is 12.5 Å². The van der Waals surface area contributed by atoms with Gasteiger partial charge in [0.1, 0.15) is 5.82 Å². The molecule has 0 saturated carbocycles. The number of hydrogen-bond acceptors (Lipinski definition) is 5. The Labute approximate surface area is 156 Å². The Morgan fingerprint density at radius 3 is 2.63 bits per heavy atom. The van der Waals surface area contributed by atoms with E-state index in [2.05, 4.69) is 25.4 Å². The molecule has 1 aliphatic rings. The van der Waals surface area contributed by atoms with E-state index in [1.165, 1.54) is 6.07 Å². The Bertz CT molecular complexity index is 933. The van der Waals surface area contributed by atoms with Gasteiger partial charge >= 0.3 is 0 Å². The van der Waals surface area contributed by atoms with Crippen LogP contribution in [0.5, 0.6) is 0 Å². The highest BCUT2D eigenvalue weighted by Gasteiger charge is 2.25. The van der Waals surface area contributed by atoms with E-state index in [9.17, 15) is 9.18 Å². The van der Waals surface area contributed by atoms with E-state index in [0.29, 0.717) is 23.4 Å². The maximum Gasteiger partial charge on any atom is 0.251 e. The van der Waals surface area contributed by atoms with Crippen molar-refractivity contribution in [2.24, 2.45) is 0 Å². The highest BCUT2D eigenvalue weighted by atomic mass is 19.1. The fraction of sp³-hybridized carbons (Fsp3) is 0.200. The first kappa shape index (κ1) is 17.1. The first-order valence-electron chi connectivity index (χ1n) is 8.75. The Morgan fingerprint density at radius 1 is 1.07 bits per heavy atom. The summed E-state index contributed by atoms with van der Waals surface area (Å²) < 4.78 is 13.9. The normalized spacial score (nSPS) is 16.3. The average molecular weight is 363 g/mol. The zero-order valence-corrected chi connectivity index (χ0v) is 14.5. The van der Waals surface area contributed by atoms with Crippen LogP contribution in [-0.4, -0.2) is 40.2 Å². The molecule has 27 heavy (non-hydrogen) atoms. The van der Waals surface area contributed by atoms with Crippen molar-refractivity contribution in [1.29, 1.82) is 0 Å². The number of carbonyl (C=O) groups excluding carboxylic acids is 1. The molecular weight excluding hydrogens is 345 g/mol. The number of halogens is 1. The molecule has 2 aromatic heterocycles. The lowest BCUT2D eigenvalue weighted by molar-refractivity contribution is 0.0940. The van der Waals surface area contributed by atoms with Crippen molar-refractivity contribution in [3.05, 3.63) is 72.3 Å². The third-order valence-corrected chi connectivity index (χ3v) is 4.59. The number of benzene rings is 1. The Hall–Kier alpha value is -3.35. The second-order valence-corrected chi connectivity index (χ2v) is 6.40. The third kappa shape index (κ3) is 3.76. The van der Waals surface area contributed by atoms with Crippen molar-refractivity contribution in [1.82, 2.24) is 20.5 Å². The summed E-state index contributed by atoms with van der Waals surface area (Å²) in [6.07, 6.45) is 4.03. The topological polar surface area (TPSA) is 71.0 Å². The minimum atomic E-state index is -0.320. The average Bonchev–Trinajstić information content (AvgIpc) is 3.18. The Kier molecular flexibility index (Phi) is 4.74. The number of rotatable bonds is 4. The van der Waals surface area contributed by atoms with Gasteiger partial charge in [0.25, 0.3) is 5.91 Å². The zero-order valence-electron chi connectivity index (χ0n) is 14.5. The molecule has 3 heterocycles. The van der Waals surface area contributed by atoms with Crippen LogP contribution >= 0.6 is 0 Å². The summed E-state index contributed by atoms with van der Waals surface area (Å²) in [4.78, 5) is 18.2. The number of amides is 1. The molecule has 6 nitrogen and oxygen atoms in total. The van der Waals surface area contributed by atoms with Gasteiger partial charge in [0, 0.05) is 42.7 Å². The van der Waals surface area contributed by atoms with Crippen molar-refractivity contribution >= 4 is 11.7 Å².